The van der Waals surface area contributed by atoms with Crippen molar-refractivity contribution in [3.8, 4) is 6.07 Å². The molecular weight excluding hydrogens is 302 g/mol. The quantitative estimate of drug-likeness (QED) is 0.696. The van der Waals surface area contributed by atoms with E-state index in [4.69, 9.17) is 5.26 Å². The van der Waals surface area contributed by atoms with E-state index in [1.54, 1.807) is 24.3 Å². The summed E-state index contributed by atoms with van der Waals surface area (Å²) in [6.07, 6.45) is 0. The molecule has 1 amide bonds. The molecule has 116 valence electrons. The number of halogens is 2. The minimum Gasteiger partial charge on any atom is -0.325 e. The lowest BCUT2D eigenvalue weighted by Gasteiger charge is -2.10. The Kier molecular flexibility index (Phi) is 4.82. The number of rotatable bonds is 4. The molecule has 0 saturated carbocycles. The lowest BCUT2D eigenvalue weighted by Crippen LogP contribution is -2.28. The molecule has 23 heavy (non-hydrogen) atoms. The lowest BCUT2D eigenvalue weighted by molar-refractivity contribution is -0.117. The minimum absolute atomic E-state index is 0.367. The Morgan fingerprint density at radius 2 is 1.78 bits per heavy atom. The Bertz CT molecular complexity index is 792. The third kappa shape index (κ3) is 3.98. The van der Waals surface area contributed by atoms with Gasteiger partial charge in [-0.05, 0) is 36.8 Å². The van der Waals surface area contributed by atoms with Gasteiger partial charge < -0.3 is 5.32 Å². The summed E-state index contributed by atoms with van der Waals surface area (Å²) in [4.78, 5) is 24.3. The summed E-state index contributed by atoms with van der Waals surface area (Å²) < 4.78 is 26.3. The molecule has 0 radical (unpaired) electrons. The number of nitrogens with zero attached hydrogens (tertiary/aromatic N) is 1. The summed E-state index contributed by atoms with van der Waals surface area (Å²) >= 11 is 0. The van der Waals surface area contributed by atoms with Crippen molar-refractivity contribution in [3.05, 3.63) is 65.2 Å². The fourth-order valence-electron chi connectivity index (χ4n) is 2.04. The van der Waals surface area contributed by atoms with Crippen LogP contribution in [0.15, 0.2) is 42.5 Å². The molecule has 1 unspecified atom stereocenters. The SMILES string of the molecule is Cc1cccc(NC(=O)C(C#N)C(=O)c2cc(F)cc(F)c2)c1. The predicted octanol–water partition coefficient (Wildman–Crippen LogP) is 3.23. The highest BCUT2D eigenvalue weighted by Gasteiger charge is 2.28. The maximum absolute atomic E-state index is 13.2. The van der Waals surface area contributed by atoms with Gasteiger partial charge in [-0.3, -0.25) is 9.59 Å². The van der Waals surface area contributed by atoms with Gasteiger partial charge in [-0.2, -0.15) is 5.26 Å². The van der Waals surface area contributed by atoms with Crippen molar-refractivity contribution in [1.29, 1.82) is 5.26 Å². The molecule has 0 heterocycles. The van der Waals surface area contributed by atoms with Crippen LogP contribution in [-0.2, 0) is 4.79 Å². The van der Waals surface area contributed by atoms with Crippen LogP contribution in [0, 0.1) is 35.8 Å². The average Bonchev–Trinajstić information content (AvgIpc) is 2.46. The molecule has 0 saturated heterocycles. The number of hydrogen-bond acceptors (Lipinski definition) is 3. The number of amides is 1. The zero-order valence-electron chi connectivity index (χ0n) is 12.1. The normalized spacial score (nSPS) is 11.4. The van der Waals surface area contributed by atoms with Crippen LogP contribution in [0.2, 0.25) is 0 Å². The Labute approximate surface area is 131 Å². The van der Waals surface area contributed by atoms with Gasteiger partial charge >= 0.3 is 0 Å². The lowest BCUT2D eigenvalue weighted by atomic mass is 9.97. The Morgan fingerprint density at radius 1 is 1.13 bits per heavy atom. The van der Waals surface area contributed by atoms with E-state index < -0.39 is 29.2 Å². The van der Waals surface area contributed by atoms with Crippen molar-refractivity contribution in [2.45, 2.75) is 6.92 Å². The summed E-state index contributed by atoms with van der Waals surface area (Å²) in [5.41, 5.74) is 0.941. The monoisotopic (exact) mass is 314 g/mol. The zero-order chi connectivity index (χ0) is 17.0. The number of ketones is 1. The summed E-state index contributed by atoms with van der Waals surface area (Å²) in [5, 5.41) is 11.5. The Morgan fingerprint density at radius 3 is 2.35 bits per heavy atom. The molecule has 2 rings (SSSR count). The fourth-order valence-corrected chi connectivity index (χ4v) is 2.04. The van der Waals surface area contributed by atoms with Crippen LogP contribution in [0.1, 0.15) is 15.9 Å². The van der Waals surface area contributed by atoms with E-state index >= 15 is 0 Å². The van der Waals surface area contributed by atoms with Crippen molar-refractivity contribution in [3.63, 3.8) is 0 Å². The number of nitriles is 1. The molecule has 0 aliphatic heterocycles. The van der Waals surface area contributed by atoms with E-state index in [9.17, 15) is 18.4 Å². The van der Waals surface area contributed by atoms with E-state index in [-0.39, 0.29) is 5.56 Å². The van der Waals surface area contributed by atoms with Crippen LogP contribution in [0.5, 0.6) is 0 Å². The predicted molar refractivity (Wildman–Crippen MR) is 79.6 cm³/mol. The van der Waals surface area contributed by atoms with E-state index in [2.05, 4.69) is 5.32 Å². The number of nitrogens with one attached hydrogen (secondary N) is 1. The van der Waals surface area contributed by atoms with Gasteiger partial charge in [0.15, 0.2) is 11.7 Å². The second kappa shape index (κ2) is 6.79. The van der Waals surface area contributed by atoms with Gasteiger partial charge in [-0.15, -0.1) is 0 Å². The fraction of sp³-hybridized carbons (Fsp3) is 0.118. The van der Waals surface area contributed by atoms with Crippen LogP contribution >= 0.6 is 0 Å². The summed E-state index contributed by atoms with van der Waals surface area (Å²) in [6.45, 7) is 1.82. The largest absolute Gasteiger partial charge is 0.325 e. The van der Waals surface area contributed by atoms with Crippen molar-refractivity contribution in [1.82, 2.24) is 0 Å². The van der Waals surface area contributed by atoms with Gasteiger partial charge in [0.2, 0.25) is 5.91 Å². The third-order valence-corrected chi connectivity index (χ3v) is 3.09. The highest BCUT2D eigenvalue weighted by atomic mass is 19.1. The first-order valence-corrected chi connectivity index (χ1v) is 6.68. The Balaban J connectivity index is 2.23. The summed E-state index contributed by atoms with van der Waals surface area (Å²) in [7, 11) is 0. The second-order valence-electron chi connectivity index (χ2n) is 4.94. The number of benzene rings is 2. The number of anilines is 1. The average molecular weight is 314 g/mol. The summed E-state index contributed by atoms with van der Waals surface area (Å²) in [5.74, 6) is -5.42. The number of hydrogen-bond donors (Lipinski definition) is 1. The highest BCUT2D eigenvalue weighted by molar-refractivity contribution is 6.15. The number of carbonyl (C=O) groups excluding carboxylic acids is 2. The van der Waals surface area contributed by atoms with Gasteiger partial charge in [0.25, 0.3) is 0 Å². The van der Waals surface area contributed by atoms with Crippen molar-refractivity contribution in [2.24, 2.45) is 5.92 Å². The Hall–Kier alpha value is -3.07. The molecule has 0 aliphatic carbocycles. The molecule has 0 aliphatic rings. The second-order valence-corrected chi connectivity index (χ2v) is 4.94. The highest BCUT2D eigenvalue weighted by Crippen LogP contribution is 2.16. The molecule has 2 aromatic carbocycles. The van der Waals surface area contributed by atoms with Crippen LogP contribution < -0.4 is 5.32 Å². The minimum atomic E-state index is -1.70. The van der Waals surface area contributed by atoms with Gasteiger partial charge in [0.05, 0.1) is 6.07 Å². The van der Waals surface area contributed by atoms with Crippen LogP contribution in [0.25, 0.3) is 0 Å². The standard InChI is InChI=1S/C17H12F2N2O2/c1-10-3-2-4-14(5-10)21-17(23)15(9-20)16(22)11-6-12(18)8-13(19)7-11/h2-8,15H,1H3,(H,21,23). The maximum atomic E-state index is 13.2. The molecule has 6 heteroatoms. The number of aryl methyl sites for hydroxylation is 1. The molecule has 1 N–H and O–H groups in total. The molecule has 0 aromatic heterocycles. The first kappa shape index (κ1) is 16.3. The third-order valence-electron chi connectivity index (χ3n) is 3.09. The van der Waals surface area contributed by atoms with Crippen molar-refractivity contribution < 1.29 is 18.4 Å². The van der Waals surface area contributed by atoms with Gasteiger partial charge in [0.1, 0.15) is 11.6 Å². The van der Waals surface area contributed by atoms with E-state index in [0.29, 0.717) is 11.8 Å². The first-order valence-electron chi connectivity index (χ1n) is 6.68. The number of Topliss-reactive ketones (excluding diaryl/α,β-unsaturated/α-hetero) is 1. The molecule has 2 aromatic rings. The molecule has 0 fully saturated rings. The van der Waals surface area contributed by atoms with Gasteiger partial charge in [0, 0.05) is 17.3 Å². The van der Waals surface area contributed by atoms with Gasteiger partial charge in [-0.1, -0.05) is 12.1 Å². The maximum Gasteiger partial charge on any atom is 0.249 e. The number of carbonyl (C=O) groups is 2. The van der Waals surface area contributed by atoms with E-state index in [0.717, 1.165) is 17.7 Å². The van der Waals surface area contributed by atoms with Gasteiger partial charge in [-0.25, -0.2) is 8.78 Å². The topological polar surface area (TPSA) is 70.0 Å². The van der Waals surface area contributed by atoms with Crippen LogP contribution in [0.4, 0.5) is 14.5 Å². The molecule has 4 nitrogen and oxygen atoms in total. The van der Waals surface area contributed by atoms with Crippen molar-refractivity contribution in [2.75, 3.05) is 5.32 Å². The van der Waals surface area contributed by atoms with E-state index in [1.807, 2.05) is 13.0 Å². The molecule has 0 spiro atoms. The zero-order valence-corrected chi connectivity index (χ0v) is 12.1. The molecule has 0 bridgehead atoms. The van der Waals surface area contributed by atoms with Crippen molar-refractivity contribution >= 4 is 17.4 Å². The van der Waals surface area contributed by atoms with Crippen LogP contribution in [0.3, 0.4) is 0 Å². The molecular formula is C17H12F2N2O2. The van der Waals surface area contributed by atoms with E-state index in [1.165, 1.54) is 0 Å². The smallest absolute Gasteiger partial charge is 0.249 e. The summed E-state index contributed by atoms with van der Waals surface area (Å²) in [6, 6.07) is 10.5. The van der Waals surface area contributed by atoms with Crippen LogP contribution in [-0.4, -0.2) is 11.7 Å². The molecule has 1 atom stereocenters. The first-order chi connectivity index (χ1) is 10.9.